The molecule has 0 spiro atoms. The van der Waals surface area contributed by atoms with Crippen molar-refractivity contribution in [2.45, 2.75) is 51.6 Å². The molecule has 0 radical (unpaired) electrons. The predicted molar refractivity (Wildman–Crippen MR) is 145 cm³/mol. The van der Waals surface area contributed by atoms with Gasteiger partial charge in [0.2, 0.25) is 0 Å². The Morgan fingerprint density at radius 3 is 2.19 bits per heavy atom. The summed E-state index contributed by atoms with van der Waals surface area (Å²) in [5, 5.41) is 3.46. The minimum Gasteiger partial charge on any atom is -0.380 e. The number of rotatable bonds is 6. The van der Waals surface area contributed by atoms with Crippen molar-refractivity contribution in [3.63, 3.8) is 0 Å². The second-order valence-electron chi connectivity index (χ2n) is 10.7. The highest BCUT2D eigenvalue weighted by Crippen LogP contribution is 2.26. The Morgan fingerprint density at radius 2 is 1.54 bits per heavy atom. The molecule has 2 amide bonds. The number of hydrogen-bond donors (Lipinski definition) is 1. The number of nitrogens with zero attached hydrogens (tertiary/aromatic N) is 6. The average molecular weight is 506 g/mol. The molecule has 9 heteroatoms. The van der Waals surface area contributed by atoms with Crippen LogP contribution in [0.1, 0.15) is 60.4 Å². The van der Waals surface area contributed by atoms with E-state index in [-0.39, 0.29) is 11.8 Å². The van der Waals surface area contributed by atoms with E-state index >= 15 is 0 Å². The van der Waals surface area contributed by atoms with Crippen molar-refractivity contribution in [2.24, 2.45) is 0 Å². The van der Waals surface area contributed by atoms with Crippen molar-refractivity contribution in [2.75, 3.05) is 62.6 Å². The molecule has 198 valence electrons. The smallest absolute Gasteiger partial charge is 0.272 e. The molecule has 0 atom stereocenters. The zero-order valence-corrected chi connectivity index (χ0v) is 22.1. The van der Waals surface area contributed by atoms with Crippen LogP contribution in [0.3, 0.4) is 0 Å². The molecule has 5 rings (SSSR count). The first-order chi connectivity index (χ1) is 18.0. The summed E-state index contributed by atoms with van der Waals surface area (Å²) in [5.74, 6) is 0.839. The van der Waals surface area contributed by atoms with E-state index in [1.165, 1.54) is 25.7 Å². The molecule has 1 N–H and O–H groups in total. The van der Waals surface area contributed by atoms with Crippen LogP contribution in [0.5, 0.6) is 0 Å². The number of hydrogen-bond acceptors (Lipinski definition) is 7. The van der Waals surface area contributed by atoms with E-state index in [1.54, 1.807) is 24.5 Å². The molecule has 0 bridgehead atoms. The highest BCUT2D eigenvalue weighted by molar-refractivity contribution is 5.96. The van der Waals surface area contributed by atoms with E-state index in [2.05, 4.69) is 38.9 Å². The summed E-state index contributed by atoms with van der Waals surface area (Å²) < 4.78 is 0. The van der Waals surface area contributed by atoms with Gasteiger partial charge in [0.25, 0.3) is 11.8 Å². The number of carbonyl (C=O) groups excluding carboxylic acids is 2. The van der Waals surface area contributed by atoms with Gasteiger partial charge in [-0.1, -0.05) is 12.8 Å². The van der Waals surface area contributed by atoms with E-state index in [1.807, 2.05) is 21.9 Å². The minimum atomic E-state index is -0.0922. The molecular weight excluding hydrogens is 466 g/mol. The van der Waals surface area contributed by atoms with Crippen molar-refractivity contribution in [3.05, 3.63) is 47.9 Å². The number of amides is 2. The van der Waals surface area contributed by atoms with Gasteiger partial charge in [-0.25, -0.2) is 4.98 Å². The summed E-state index contributed by atoms with van der Waals surface area (Å²) in [4.78, 5) is 43.6. The van der Waals surface area contributed by atoms with E-state index < -0.39 is 0 Å². The number of anilines is 2. The van der Waals surface area contributed by atoms with Gasteiger partial charge in [0, 0.05) is 76.8 Å². The number of carbonyl (C=O) groups is 2. The number of aromatic nitrogens is 2. The fourth-order valence-electron chi connectivity index (χ4n) is 5.74. The van der Waals surface area contributed by atoms with Crippen LogP contribution in [0, 0.1) is 0 Å². The molecule has 1 aliphatic carbocycles. The lowest BCUT2D eigenvalue weighted by atomic mass is 10.1. The Labute approximate surface area is 219 Å². The van der Waals surface area contributed by atoms with Crippen LogP contribution in [0.2, 0.25) is 0 Å². The lowest BCUT2D eigenvalue weighted by Gasteiger charge is -2.38. The van der Waals surface area contributed by atoms with Gasteiger partial charge in [0.05, 0.1) is 11.3 Å². The normalized spacial score (nSPS) is 19.5. The van der Waals surface area contributed by atoms with Crippen LogP contribution in [0.25, 0.3) is 0 Å². The molecule has 4 heterocycles. The molecular formula is C28H39N7O2. The van der Waals surface area contributed by atoms with Crippen molar-refractivity contribution in [1.29, 1.82) is 0 Å². The third-order valence-electron chi connectivity index (χ3n) is 7.77. The summed E-state index contributed by atoms with van der Waals surface area (Å²) in [6.07, 6.45) is 8.62. The zero-order valence-electron chi connectivity index (χ0n) is 22.1. The molecule has 9 nitrogen and oxygen atoms in total. The summed E-state index contributed by atoms with van der Waals surface area (Å²) in [5.41, 5.74) is 1.95. The monoisotopic (exact) mass is 505 g/mol. The maximum Gasteiger partial charge on any atom is 0.272 e. The predicted octanol–water partition coefficient (Wildman–Crippen LogP) is 2.96. The van der Waals surface area contributed by atoms with Gasteiger partial charge >= 0.3 is 0 Å². The van der Waals surface area contributed by atoms with Gasteiger partial charge < -0.3 is 20.0 Å². The molecule has 2 aromatic rings. The van der Waals surface area contributed by atoms with Gasteiger partial charge in [-0.3, -0.25) is 19.5 Å². The second-order valence-corrected chi connectivity index (χ2v) is 10.7. The molecule has 3 fully saturated rings. The first kappa shape index (κ1) is 25.4. The van der Waals surface area contributed by atoms with E-state index in [4.69, 9.17) is 0 Å². The summed E-state index contributed by atoms with van der Waals surface area (Å²) in [6.45, 7) is 10.2. The number of piperazine rings is 2. The van der Waals surface area contributed by atoms with Crippen LogP contribution >= 0.6 is 0 Å². The van der Waals surface area contributed by atoms with Crippen molar-refractivity contribution in [1.82, 2.24) is 24.7 Å². The Kier molecular flexibility index (Phi) is 7.88. The van der Waals surface area contributed by atoms with Crippen LogP contribution < -0.4 is 10.2 Å². The molecule has 2 aromatic heterocycles. The Balaban J connectivity index is 1.14. The third-order valence-corrected chi connectivity index (χ3v) is 7.77. The van der Waals surface area contributed by atoms with E-state index in [9.17, 15) is 9.59 Å². The average Bonchev–Trinajstić information content (AvgIpc) is 3.48. The van der Waals surface area contributed by atoms with Gasteiger partial charge in [-0.05, 0) is 51.0 Å². The summed E-state index contributed by atoms with van der Waals surface area (Å²) in [7, 11) is 0. The fraction of sp³-hybridized carbons (Fsp3) is 0.571. The number of pyridine rings is 2. The largest absolute Gasteiger partial charge is 0.380 e. The third kappa shape index (κ3) is 5.87. The second kappa shape index (κ2) is 11.5. The van der Waals surface area contributed by atoms with E-state index in [0.717, 1.165) is 37.7 Å². The molecule has 2 saturated heterocycles. The molecule has 3 aliphatic rings. The number of nitrogens with one attached hydrogen (secondary N) is 1. The quantitative estimate of drug-likeness (QED) is 0.646. The van der Waals surface area contributed by atoms with Crippen LogP contribution in [-0.4, -0.2) is 101 Å². The Morgan fingerprint density at radius 1 is 0.865 bits per heavy atom. The van der Waals surface area contributed by atoms with Crippen LogP contribution in [0.15, 0.2) is 36.7 Å². The first-order valence-corrected chi connectivity index (χ1v) is 13.7. The molecule has 2 aliphatic heterocycles. The Bertz CT molecular complexity index is 1070. The van der Waals surface area contributed by atoms with Gasteiger partial charge in [-0.2, -0.15) is 0 Å². The van der Waals surface area contributed by atoms with Crippen molar-refractivity contribution >= 4 is 23.3 Å². The SMILES string of the molecule is CC(C)Nc1cccnc1N1CCN(C(=O)c2ccc(C(=O)N3CCN(C4CCCC4)CC3)cn2)CC1. The van der Waals surface area contributed by atoms with Crippen LogP contribution in [-0.2, 0) is 0 Å². The lowest BCUT2D eigenvalue weighted by molar-refractivity contribution is 0.0572. The Hall–Kier alpha value is -3.20. The van der Waals surface area contributed by atoms with Crippen LogP contribution in [0.4, 0.5) is 11.5 Å². The molecule has 0 unspecified atom stereocenters. The first-order valence-electron chi connectivity index (χ1n) is 13.7. The topological polar surface area (TPSA) is 84.9 Å². The van der Waals surface area contributed by atoms with E-state index in [0.29, 0.717) is 49.5 Å². The standard InChI is InChI=1S/C28H39N7O2/c1-21(2)31-24-8-5-11-29-26(24)33-14-18-35(19-15-33)28(37)25-10-9-22(20-30-25)27(36)34-16-12-32(13-17-34)23-6-3-4-7-23/h5,8-11,20-21,23,31H,3-4,6-7,12-19H2,1-2H3. The maximum absolute atomic E-state index is 13.1. The zero-order chi connectivity index (χ0) is 25.8. The van der Waals surface area contributed by atoms with Gasteiger partial charge in [-0.15, -0.1) is 0 Å². The van der Waals surface area contributed by atoms with Crippen molar-refractivity contribution in [3.8, 4) is 0 Å². The van der Waals surface area contributed by atoms with Crippen molar-refractivity contribution < 1.29 is 9.59 Å². The molecule has 37 heavy (non-hydrogen) atoms. The minimum absolute atomic E-state index is 0.00681. The molecule has 0 aromatic carbocycles. The lowest BCUT2D eigenvalue weighted by Crippen LogP contribution is -2.51. The maximum atomic E-state index is 13.1. The summed E-state index contributed by atoms with van der Waals surface area (Å²) in [6, 6.07) is 8.44. The van der Waals surface area contributed by atoms with Gasteiger partial charge in [0.15, 0.2) is 5.82 Å². The highest BCUT2D eigenvalue weighted by atomic mass is 16.2. The summed E-state index contributed by atoms with van der Waals surface area (Å²) >= 11 is 0. The molecule has 1 saturated carbocycles. The highest BCUT2D eigenvalue weighted by Gasteiger charge is 2.29. The fourth-order valence-corrected chi connectivity index (χ4v) is 5.74. The van der Waals surface area contributed by atoms with Gasteiger partial charge in [0.1, 0.15) is 5.69 Å².